The fourth-order valence-corrected chi connectivity index (χ4v) is 1.81. The lowest BCUT2D eigenvalue weighted by Crippen LogP contribution is -2.36. The van der Waals surface area contributed by atoms with E-state index >= 15 is 0 Å². The van der Waals surface area contributed by atoms with Crippen molar-refractivity contribution in [1.82, 2.24) is 9.55 Å². The standard InChI is InChI=1S/C12H14N2O2/c1-7(2)14-11(15)9-6-8(3)4-5-10(9)13-12(14)16/h4-7H,1-3H3,(H,13,16). The van der Waals surface area contributed by atoms with Crippen molar-refractivity contribution >= 4 is 10.9 Å². The van der Waals surface area contributed by atoms with E-state index in [4.69, 9.17) is 0 Å². The summed E-state index contributed by atoms with van der Waals surface area (Å²) in [5.41, 5.74) is 1.03. The van der Waals surface area contributed by atoms with E-state index in [0.29, 0.717) is 10.9 Å². The van der Waals surface area contributed by atoms with Crippen molar-refractivity contribution in [3.05, 3.63) is 44.6 Å². The summed E-state index contributed by atoms with van der Waals surface area (Å²) in [5.74, 6) is 0. The van der Waals surface area contributed by atoms with Gasteiger partial charge in [0.15, 0.2) is 0 Å². The zero-order valence-electron chi connectivity index (χ0n) is 9.57. The van der Waals surface area contributed by atoms with Gasteiger partial charge < -0.3 is 4.98 Å². The summed E-state index contributed by atoms with van der Waals surface area (Å²) in [6, 6.07) is 5.29. The number of aryl methyl sites for hydroxylation is 1. The Kier molecular flexibility index (Phi) is 2.42. The van der Waals surface area contributed by atoms with Gasteiger partial charge in [-0.25, -0.2) is 4.79 Å². The van der Waals surface area contributed by atoms with Crippen LogP contribution in [0, 0.1) is 6.92 Å². The number of benzene rings is 1. The Balaban J connectivity index is 2.97. The van der Waals surface area contributed by atoms with Gasteiger partial charge in [0, 0.05) is 6.04 Å². The monoisotopic (exact) mass is 218 g/mol. The zero-order valence-corrected chi connectivity index (χ0v) is 9.57. The first-order chi connectivity index (χ1) is 7.50. The average molecular weight is 218 g/mol. The quantitative estimate of drug-likeness (QED) is 0.790. The average Bonchev–Trinajstić information content (AvgIpc) is 2.19. The summed E-state index contributed by atoms with van der Waals surface area (Å²) in [4.78, 5) is 26.5. The van der Waals surface area contributed by atoms with Gasteiger partial charge in [0.2, 0.25) is 0 Å². The molecule has 1 aromatic carbocycles. The fraction of sp³-hybridized carbons (Fsp3) is 0.333. The van der Waals surface area contributed by atoms with Crippen LogP contribution in [0.4, 0.5) is 0 Å². The van der Waals surface area contributed by atoms with Crippen LogP contribution in [-0.4, -0.2) is 9.55 Å². The number of nitrogens with zero attached hydrogens (tertiary/aromatic N) is 1. The molecule has 0 spiro atoms. The third-order valence-corrected chi connectivity index (χ3v) is 2.60. The Morgan fingerprint density at radius 1 is 1.25 bits per heavy atom. The molecule has 0 bridgehead atoms. The Labute approximate surface area is 92.5 Å². The Bertz CT molecular complexity index is 650. The van der Waals surface area contributed by atoms with Gasteiger partial charge in [-0.15, -0.1) is 0 Å². The number of hydrogen-bond acceptors (Lipinski definition) is 2. The van der Waals surface area contributed by atoms with Crippen LogP contribution in [0.3, 0.4) is 0 Å². The largest absolute Gasteiger partial charge is 0.329 e. The summed E-state index contributed by atoms with van der Waals surface area (Å²) < 4.78 is 1.24. The minimum atomic E-state index is -0.351. The molecule has 1 heterocycles. The lowest BCUT2D eigenvalue weighted by atomic mass is 10.1. The molecule has 0 amide bonds. The molecule has 0 radical (unpaired) electrons. The predicted molar refractivity (Wildman–Crippen MR) is 64.0 cm³/mol. The van der Waals surface area contributed by atoms with E-state index in [1.165, 1.54) is 4.57 Å². The van der Waals surface area contributed by atoms with E-state index in [9.17, 15) is 9.59 Å². The molecule has 0 aliphatic heterocycles. The highest BCUT2D eigenvalue weighted by molar-refractivity contribution is 5.77. The molecule has 0 unspecified atom stereocenters. The van der Waals surface area contributed by atoms with E-state index in [-0.39, 0.29) is 17.3 Å². The first-order valence-corrected chi connectivity index (χ1v) is 5.26. The van der Waals surface area contributed by atoms with E-state index in [1.54, 1.807) is 12.1 Å². The van der Waals surface area contributed by atoms with Crippen LogP contribution in [0.2, 0.25) is 0 Å². The molecule has 4 heteroatoms. The minimum absolute atomic E-state index is 0.138. The molecule has 0 aliphatic rings. The minimum Gasteiger partial charge on any atom is -0.307 e. The van der Waals surface area contributed by atoms with Crippen molar-refractivity contribution < 1.29 is 0 Å². The van der Waals surface area contributed by atoms with Crippen molar-refractivity contribution in [2.75, 3.05) is 0 Å². The number of nitrogens with one attached hydrogen (secondary N) is 1. The first kappa shape index (κ1) is 10.7. The van der Waals surface area contributed by atoms with Crippen molar-refractivity contribution in [2.24, 2.45) is 0 Å². The molecule has 84 valence electrons. The summed E-state index contributed by atoms with van der Waals surface area (Å²) >= 11 is 0. The molecule has 16 heavy (non-hydrogen) atoms. The molecular weight excluding hydrogens is 204 g/mol. The Hall–Kier alpha value is -1.84. The predicted octanol–water partition coefficient (Wildman–Crippen LogP) is 1.58. The summed E-state index contributed by atoms with van der Waals surface area (Å²) in [6.45, 7) is 5.56. The highest BCUT2D eigenvalue weighted by Crippen LogP contribution is 2.08. The van der Waals surface area contributed by atoms with Crippen LogP contribution in [0.1, 0.15) is 25.5 Å². The SMILES string of the molecule is Cc1ccc2[nH]c(=O)n(C(C)C)c(=O)c2c1. The number of hydrogen-bond donors (Lipinski definition) is 1. The van der Waals surface area contributed by atoms with Gasteiger partial charge in [-0.05, 0) is 32.9 Å². The molecule has 0 saturated carbocycles. The molecule has 2 aromatic rings. The second-order valence-electron chi connectivity index (χ2n) is 4.25. The fourth-order valence-electron chi connectivity index (χ4n) is 1.81. The van der Waals surface area contributed by atoms with Crippen molar-refractivity contribution in [3.63, 3.8) is 0 Å². The molecule has 0 saturated heterocycles. The molecule has 1 aromatic heterocycles. The smallest absolute Gasteiger partial charge is 0.307 e. The van der Waals surface area contributed by atoms with E-state index in [0.717, 1.165) is 5.56 Å². The maximum absolute atomic E-state index is 12.1. The number of H-pyrrole nitrogens is 1. The van der Waals surface area contributed by atoms with Gasteiger partial charge in [-0.2, -0.15) is 0 Å². The topological polar surface area (TPSA) is 54.9 Å². The van der Waals surface area contributed by atoms with Crippen LogP contribution >= 0.6 is 0 Å². The Morgan fingerprint density at radius 3 is 2.56 bits per heavy atom. The molecule has 0 aliphatic carbocycles. The lowest BCUT2D eigenvalue weighted by Gasteiger charge is -2.09. The van der Waals surface area contributed by atoms with Crippen molar-refractivity contribution in [1.29, 1.82) is 0 Å². The van der Waals surface area contributed by atoms with Gasteiger partial charge in [-0.1, -0.05) is 11.6 Å². The number of aromatic amines is 1. The lowest BCUT2D eigenvalue weighted by molar-refractivity contribution is 0.552. The van der Waals surface area contributed by atoms with E-state index in [1.807, 2.05) is 26.8 Å². The number of aromatic nitrogens is 2. The maximum Gasteiger partial charge on any atom is 0.329 e. The molecule has 0 atom stereocenters. The third kappa shape index (κ3) is 1.56. The number of rotatable bonds is 1. The number of fused-ring (bicyclic) bond motifs is 1. The second kappa shape index (κ2) is 3.63. The summed E-state index contributed by atoms with van der Waals surface area (Å²) in [5, 5.41) is 0.563. The highest BCUT2D eigenvalue weighted by atomic mass is 16.2. The van der Waals surface area contributed by atoms with Crippen LogP contribution < -0.4 is 11.2 Å². The second-order valence-corrected chi connectivity index (χ2v) is 4.25. The molecule has 2 rings (SSSR count). The van der Waals surface area contributed by atoms with Gasteiger partial charge >= 0.3 is 5.69 Å². The van der Waals surface area contributed by atoms with Gasteiger partial charge in [0.25, 0.3) is 5.56 Å². The van der Waals surface area contributed by atoms with Crippen LogP contribution in [0.5, 0.6) is 0 Å². The molecule has 1 N–H and O–H groups in total. The molecule has 4 nitrogen and oxygen atoms in total. The van der Waals surface area contributed by atoms with E-state index in [2.05, 4.69) is 4.98 Å². The first-order valence-electron chi connectivity index (χ1n) is 5.26. The van der Waals surface area contributed by atoms with Crippen LogP contribution in [0.25, 0.3) is 10.9 Å². The maximum atomic E-state index is 12.1. The van der Waals surface area contributed by atoms with Gasteiger partial charge in [0.05, 0.1) is 10.9 Å². The summed E-state index contributed by atoms with van der Waals surface area (Å²) in [6.07, 6.45) is 0. The zero-order chi connectivity index (χ0) is 11.9. The van der Waals surface area contributed by atoms with E-state index < -0.39 is 0 Å². The van der Waals surface area contributed by atoms with Crippen LogP contribution in [0.15, 0.2) is 27.8 Å². The van der Waals surface area contributed by atoms with Crippen molar-refractivity contribution in [3.8, 4) is 0 Å². The van der Waals surface area contributed by atoms with Gasteiger partial charge in [0.1, 0.15) is 0 Å². The highest BCUT2D eigenvalue weighted by Gasteiger charge is 2.09. The van der Waals surface area contributed by atoms with Crippen LogP contribution in [-0.2, 0) is 0 Å². The Morgan fingerprint density at radius 2 is 1.94 bits per heavy atom. The van der Waals surface area contributed by atoms with Gasteiger partial charge in [-0.3, -0.25) is 9.36 Å². The summed E-state index contributed by atoms with van der Waals surface area (Å²) in [7, 11) is 0. The molecular formula is C12H14N2O2. The third-order valence-electron chi connectivity index (χ3n) is 2.60. The van der Waals surface area contributed by atoms with Crippen molar-refractivity contribution in [2.45, 2.75) is 26.8 Å². The normalized spacial score (nSPS) is 11.2. The molecule has 0 fully saturated rings.